The third-order valence-corrected chi connectivity index (χ3v) is 4.66. The Kier molecular flexibility index (Phi) is 3.53. The molecule has 0 amide bonds. The van der Waals surface area contributed by atoms with Crippen LogP contribution in [0, 0.1) is 17.3 Å². The van der Waals surface area contributed by atoms with E-state index in [1.807, 2.05) is 0 Å². The summed E-state index contributed by atoms with van der Waals surface area (Å²) in [5, 5.41) is 12.5. The third-order valence-electron chi connectivity index (χ3n) is 4.66. The van der Waals surface area contributed by atoms with Crippen molar-refractivity contribution in [2.24, 2.45) is 17.3 Å². The summed E-state index contributed by atoms with van der Waals surface area (Å²) in [4.78, 5) is 11.2. The lowest BCUT2D eigenvalue weighted by atomic mass is 9.64. The number of carbonyl (C=O) groups is 1. The Labute approximate surface area is 97.6 Å². The zero-order valence-electron chi connectivity index (χ0n) is 10.2. The van der Waals surface area contributed by atoms with Crippen LogP contribution in [-0.2, 0) is 4.79 Å². The van der Waals surface area contributed by atoms with Gasteiger partial charge in [-0.1, -0.05) is 19.8 Å². The van der Waals surface area contributed by atoms with Gasteiger partial charge in [-0.05, 0) is 37.0 Å². The summed E-state index contributed by atoms with van der Waals surface area (Å²) in [6.07, 6.45) is 7.28. The second-order valence-electron chi connectivity index (χ2n) is 5.62. The molecule has 0 aromatic rings. The molecule has 0 radical (unpaired) electrons. The van der Waals surface area contributed by atoms with Gasteiger partial charge in [0.25, 0.3) is 0 Å². The Bertz CT molecular complexity index is 257. The first-order valence-corrected chi connectivity index (χ1v) is 6.61. The van der Waals surface area contributed by atoms with Crippen LogP contribution in [0.2, 0.25) is 0 Å². The molecule has 3 nitrogen and oxygen atoms in total. The maximum Gasteiger partial charge on any atom is 0.308 e. The van der Waals surface area contributed by atoms with E-state index in [4.69, 9.17) is 0 Å². The van der Waals surface area contributed by atoms with Crippen LogP contribution in [0.1, 0.15) is 45.4 Å². The first-order chi connectivity index (χ1) is 7.68. The van der Waals surface area contributed by atoms with Crippen LogP contribution in [0.15, 0.2) is 0 Å². The maximum atomic E-state index is 11.2. The van der Waals surface area contributed by atoms with Crippen molar-refractivity contribution in [1.82, 2.24) is 5.32 Å². The minimum absolute atomic E-state index is 0.0794. The molecule has 16 heavy (non-hydrogen) atoms. The van der Waals surface area contributed by atoms with Gasteiger partial charge >= 0.3 is 5.97 Å². The molecule has 0 aromatic heterocycles. The van der Waals surface area contributed by atoms with Crippen molar-refractivity contribution < 1.29 is 9.90 Å². The molecule has 1 heterocycles. The van der Waals surface area contributed by atoms with Crippen molar-refractivity contribution in [1.29, 1.82) is 0 Å². The molecule has 2 N–H and O–H groups in total. The Morgan fingerprint density at radius 3 is 2.69 bits per heavy atom. The molecule has 2 fully saturated rings. The number of aliphatic carboxylic acids is 1. The molecule has 1 unspecified atom stereocenters. The first kappa shape index (κ1) is 11.9. The molecule has 1 atom stereocenters. The molecule has 92 valence electrons. The molecule has 0 aromatic carbocycles. The lowest BCUT2D eigenvalue weighted by molar-refractivity contribution is -0.145. The smallest absolute Gasteiger partial charge is 0.308 e. The summed E-state index contributed by atoms with van der Waals surface area (Å²) in [5.74, 6) is 0.111. The number of hydrogen-bond donors (Lipinski definition) is 2. The van der Waals surface area contributed by atoms with E-state index in [1.165, 1.54) is 25.7 Å². The summed E-state index contributed by atoms with van der Waals surface area (Å²) in [7, 11) is 0. The van der Waals surface area contributed by atoms with Crippen molar-refractivity contribution in [3.63, 3.8) is 0 Å². The van der Waals surface area contributed by atoms with Crippen LogP contribution in [0.25, 0.3) is 0 Å². The highest BCUT2D eigenvalue weighted by atomic mass is 16.4. The molecule has 2 aliphatic rings. The van der Waals surface area contributed by atoms with E-state index in [1.54, 1.807) is 0 Å². The molecular weight excluding hydrogens is 202 g/mol. The van der Waals surface area contributed by atoms with Gasteiger partial charge in [-0.3, -0.25) is 4.79 Å². The van der Waals surface area contributed by atoms with E-state index in [0.717, 1.165) is 25.3 Å². The van der Waals surface area contributed by atoms with E-state index in [9.17, 15) is 9.90 Å². The van der Waals surface area contributed by atoms with Crippen molar-refractivity contribution in [3.8, 4) is 0 Å². The number of carboxylic acids is 1. The van der Waals surface area contributed by atoms with Crippen molar-refractivity contribution in [3.05, 3.63) is 0 Å². The molecule has 1 spiro atoms. The first-order valence-electron chi connectivity index (χ1n) is 6.61. The lowest BCUT2D eigenvalue weighted by Gasteiger charge is -2.39. The third kappa shape index (κ3) is 2.10. The Balaban J connectivity index is 1.97. The van der Waals surface area contributed by atoms with Crippen LogP contribution in [0.3, 0.4) is 0 Å². The summed E-state index contributed by atoms with van der Waals surface area (Å²) in [6, 6.07) is 0. The fraction of sp³-hybridized carbons (Fsp3) is 0.923. The Morgan fingerprint density at radius 1 is 1.44 bits per heavy atom. The molecular formula is C13H23NO2. The molecule has 2 rings (SSSR count). The van der Waals surface area contributed by atoms with Crippen molar-refractivity contribution in [2.45, 2.75) is 45.4 Å². The van der Waals surface area contributed by atoms with Gasteiger partial charge in [0.05, 0.1) is 5.92 Å². The fourth-order valence-electron chi connectivity index (χ4n) is 3.63. The van der Waals surface area contributed by atoms with Gasteiger partial charge in [-0.2, -0.15) is 0 Å². The number of hydrogen-bond acceptors (Lipinski definition) is 2. The maximum absolute atomic E-state index is 11.2. The van der Waals surface area contributed by atoms with E-state index in [-0.39, 0.29) is 11.3 Å². The predicted molar refractivity (Wildman–Crippen MR) is 63.3 cm³/mol. The average Bonchev–Trinajstić information content (AvgIpc) is 2.66. The molecule has 0 bridgehead atoms. The van der Waals surface area contributed by atoms with Gasteiger partial charge in [-0.25, -0.2) is 0 Å². The summed E-state index contributed by atoms with van der Waals surface area (Å²) >= 11 is 0. The van der Waals surface area contributed by atoms with E-state index in [2.05, 4.69) is 12.2 Å². The average molecular weight is 225 g/mol. The molecule has 1 saturated heterocycles. The highest BCUT2D eigenvalue weighted by molar-refractivity contribution is 5.72. The minimum atomic E-state index is -0.598. The lowest BCUT2D eigenvalue weighted by Crippen LogP contribution is -2.38. The van der Waals surface area contributed by atoms with Crippen LogP contribution < -0.4 is 5.32 Å². The molecule has 1 saturated carbocycles. The van der Waals surface area contributed by atoms with Crippen LogP contribution in [0.4, 0.5) is 0 Å². The number of rotatable bonds is 3. The van der Waals surface area contributed by atoms with Crippen LogP contribution in [-0.4, -0.2) is 24.2 Å². The van der Waals surface area contributed by atoms with E-state index < -0.39 is 5.97 Å². The summed E-state index contributed by atoms with van der Waals surface area (Å²) in [6.45, 7) is 3.83. The zero-order valence-corrected chi connectivity index (χ0v) is 10.2. The topological polar surface area (TPSA) is 49.3 Å². The quantitative estimate of drug-likeness (QED) is 0.774. The van der Waals surface area contributed by atoms with Crippen molar-refractivity contribution >= 4 is 5.97 Å². The molecule has 1 aliphatic heterocycles. The van der Waals surface area contributed by atoms with Crippen molar-refractivity contribution in [2.75, 3.05) is 13.1 Å². The number of carboxylic acid groups (broad SMARTS) is 1. The van der Waals surface area contributed by atoms with Gasteiger partial charge in [0, 0.05) is 13.1 Å². The van der Waals surface area contributed by atoms with Gasteiger partial charge in [0.2, 0.25) is 0 Å². The number of nitrogens with one attached hydrogen (secondary N) is 1. The molecule has 3 heteroatoms. The largest absolute Gasteiger partial charge is 0.481 e. The van der Waals surface area contributed by atoms with Crippen LogP contribution >= 0.6 is 0 Å². The highest BCUT2D eigenvalue weighted by Crippen LogP contribution is 2.47. The minimum Gasteiger partial charge on any atom is -0.481 e. The van der Waals surface area contributed by atoms with Gasteiger partial charge in [0.15, 0.2) is 0 Å². The summed E-state index contributed by atoms with van der Waals surface area (Å²) in [5.41, 5.74) is 0.0794. The predicted octanol–water partition coefficient (Wildman–Crippen LogP) is 2.27. The van der Waals surface area contributed by atoms with Gasteiger partial charge in [-0.15, -0.1) is 0 Å². The fourth-order valence-corrected chi connectivity index (χ4v) is 3.63. The Morgan fingerprint density at radius 2 is 2.12 bits per heavy atom. The SMILES string of the molecule is CCCC1CCC2(CC1)CNCC2C(=O)O. The molecule has 1 aliphatic carbocycles. The highest BCUT2D eigenvalue weighted by Gasteiger charge is 2.48. The summed E-state index contributed by atoms with van der Waals surface area (Å²) < 4.78 is 0. The Hall–Kier alpha value is -0.570. The zero-order chi connectivity index (χ0) is 11.6. The van der Waals surface area contributed by atoms with Gasteiger partial charge in [0.1, 0.15) is 0 Å². The van der Waals surface area contributed by atoms with Crippen LogP contribution in [0.5, 0.6) is 0 Å². The van der Waals surface area contributed by atoms with E-state index >= 15 is 0 Å². The van der Waals surface area contributed by atoms with Gasteiger partial charge < -0.3 is 10.4 Å². The second-order valence-corrected chi connectivity index (χ2v) is 5.62. The second kappa shape index (κ2) is 4.74. The normalized spacial score (nSPS) is 39.1. The monoisotopic (exact) mass is 225 g/mol. The van der Waals surface area contributed by atoms with E-state index in [0.29, 0.717) is 6.54 Å². The standard InChI is InChI=1S/C13H23NO2/c1-2-3-10-4-6-13(7-5-10)9-14-8-11(13)12(15)16/h10-11,14H,2-9H2,1H3,(H,15,16).